The minimum atomic E-state index is 0.484. The first-order chi connectivity index (χ1) is 9.11. The fraction of sp³-hybridized carbons (Fsp3) is 0.625. The van der Waals surface area contributed by atoms with Gasteiger partial charge in [0.1, 0.15) is 0 Å². The predicted molar refractivity (Wildman–Crippen MR) is 90.4 cm³/mol. The molecule has 1 aliphatic heterocycles. The molecule has 0 bridgehead atoms. The molecule has 0 aromatic heterocycles. The van der Waals surface area contributed by atoms with Crippen LogP contribution in [0.3, 0.4) is 0 Å². The average Bonchev–Trinajstić information content (AvgIpc) is 2.39. The number of thioether (sulfide) groups is 2. The summed E-state index contributed by atoms with van der Waals surface area (Å²) in [6, 6.07) is 9.45. The lowest BCUT2D eigenvalue weighted by Crippen LogP contribution is -2.37. The molecule has 106 valence electrons. The molecule has 0 saturated carbocycles. The second-order valence-electron chi connectivity index (χ2n) is 5.37. The molecule has 0 amide bonds. The Morgan fingerprint density at radius 1 is 1.32 bits per heavy atom. The summed E-state index contributed by atoms with van der Waals surface area (Å²) in [5, 5.41) is 5.90. The van der Waals surface area contributed by atoms with Gasteiger partial charge < -0.3 is 5.32 Å². The average molecular weight is 296 g/mol. The fourth-order valence-corrected chi connectivity index (χ4v) is 5.65. The van der Waals surface area contributed by atoms with Crippen LogP contribution in [0.2, 0.25) is 0 Å². The highest BCUT2D eigenvalue weighted by Crippen LogP contribution is 2.41. The first kappa shape index (κ1) is 15.3. The van der Waals surface area contributed by atoms with Gasteiger partial charge in [0.05, 0.1) is 0 Å². The highest BCUT2D eigenvalue weighted by molar-refractivity contribution is 8.07. The molecular weight excluding hydrogens is 270 g/mol. The van der Waals surface area contributed by atoms with E-state index in [2.05, 4.69) is 80.8 Å². The van der Waals surface area contributed by atoms with Crippen LogP contribution in [0.4, 0.5) is 0 Å². The highest BCUT2D eigenvalue weighted by Gasteiger charge is 2.31. The number of hydrogen-bond acceptors (Lipinski definition) is 3. The van der Waals surface area contributed by atoms with Crippen LogP contribution in [0.15, 0.2) is 24.3 Å². The highest BCUT2D eigenvalue weighted by atomic mass is 32.2. The van der Waals surface area contributed by atoms with Gasteiger partial charge in [-0.25, -0.2) is 0 Å². The number of nitrogens with one attached hydrogen (secondary N) is 1. The molecule has 3 heteroatoms. The maximum atomic E-state index is 3.70. The lowest BCUT2D eigenvalue weighted by Gasteiger charge is -2.36. The van der Waals surface area contributed by atoms with E-state index >= 15 is 0 Å². The van der Waals surface area contributed by atoms with Gasteiger partial charge in [0.15, 0.2) is 0 Å². The summed E-state index contributed by atoms with van der Waals surface area (Å²) in [6.45, 7) is 10.1. The summed E-state index contributed by atoms with van der Waals surface area (Å²) in [4.78, 5) is 0. The van der Waals surface area contributed by atoms with Crippen molar-refractivity contribution in [2.75, 3.05) is 12.3 Å². The van der Waals surface area contributed by atoms with Crippen molar-refractivity contribution < 1.29 is 0 Å². The fourth-order valence-electron chi connectivity index (χ4n) is 2.53. The van der Waals surface area contributed by atoms with Crippen molar-refractivity contribution in [3.8, 4) is 0 Å². The number of aryl methyl sites for hydroxylation is 1. The zero-order valence-corrected chi connectivity index (χ0v) is 14.0. The SMILES string of the molecule is CCNC(c1cccc(C)c1)C1CSC(C)C(C)S1. The third kappa shape index (κ3) is 3.93. The van der Waals surface area contributed by atoms with Gasteiger partial charge in [-0.15, -0.1) is 0 Å². The molecule has 1 heterocycles. The van der Waals surface area contributed by atoms with Gasteiger partial charge in [-0.2, -0.15) is 23.5 Å². The maximum Gasteiger partial charge on any atom is 0.0448 e. The van der Waals surface area contributed by atoms with Crippen molar-refractivity contribution >= 4 is 23.5 Å². The Morgan fingerprint density at radius 2 is 2.11 bits per heavy atom. The monoisotopic (exact) mass is 295 g/mol. The van der Waals surface area contributed by atoms with Crippen LogP contribution in [-0.4, -0.2) is 28.0 Å². The minimum absolute atomic E-state index is 0.484. The van der Waals surface area contributed by atoms with E-state index in [0.29, 0.717) is 11.3 Å². The largest absolute Gasteiger partial charge is 0.309 e. The van der Waals surface area contributed by atoms with E-state index in [-0.39, 0.29) is 0 Å². The summed E-state index contributed by atoms with van der Waals surface area (Å²) in [5.74, 6) is 1.25. The minimum Gasteiger partial charge on any atom is -0.309 e. The Bertz CT molecular complexity index is 407. The van der Waals surface area contributed by atoms with E-state index in [1.807, 2.05) is 0 Å². The van der Waals surface area contributed by atoms with Crippen molar-refractivity contribution in [1.29, 1.82) is 0 Å². The molecule has 1 aliphatic rings. The molecule has 1 saturated heterocycles. The number of hydrogen-bond donors (Lipinski definition) is 1. The van der Waals surface area contributed by atoms with Crippen LogP contribution in [0, 0.1) is 6.92 Å². The van der Waals surface area contributed by atoms with Crippen LogP contribution in [-0.2, 0) is 0 Å². The van der Waals surface area contributed by atoms with Gasteiger partial charge in [-0.05, 0) is 19.0 Å². The summed E-state index contributed by atoms with van der Waals surface area (Å²) >= 11 is 4.29. The summed E-state index contributed by atoms with van der Waals surface area (Å²) in [7, 11) is 0. The molecule has 19 heavy (non-hydrogen) atoms. The maximum absolute atomic E-state index is 3.70. The van der Waals surface area contributed by atoms with Crippen molar-refractivity contribution in [2.45, 2.75) is 49.5 Å². The standard InChI is InChI=1S/C16H25NS2/c1-5-17-16(14-8-6-7-11(2)9-14)15-10-18-12(3)13(4)19-15/h6-9,12-13,15-17H,5,10H2,1-4H3. The molecular formula is C16H25NS2. The van der Waals surface area contributed by atoms with E-state index in [9.17, 15) is 0 Å². The lowest BCUT2D eigenvalue weighted by atomic mass is 10.0. The molecule has 1 aromatic rings. The normalized spacial score (nSPS) is 29.2. The summed E-state index contributed by atoms with van der Waals surface area (Å²) in [5.41, 5.74) is 2.80. The zero-order chi connectivity index (χ0) is 13.8. The summed E-state index contributed by atoms with van der Waals surface area (Å²) in [6.07, 6.45) is 0. The van der Waals surface area contributed by atoms with Crippen molar-refractivity contribution in [3.05, 3.63) is 35.4 Å². The Hall–Kier alpha value is -0.120. The van der Waals surface area contributed by atoms with Gasteiger partial charge >= 0.3 is 0 Å². The zero-order valence-electron chi connectivity index (χ0n) is 12.3. The first-order valence-corrected chi connectivity index (χ1v) is 9.18. The number of rotatable bonds is 4. The first-order valence-electron chi connectivity index (χ1n) is 7.18. The molecule has 1 aromatic carbocycles. The van der Waals surface area contributed by atoms with E-state index in [4.69, 9.17) is 0 Å². The molecule has 2 rings (SSSR count). The van der Waals surface area contributed by atoms with Crippen LogP contribution >= 0.6 is 23.5 Å². The van der Waals surface area contributed by atoms with E-state index in [1.165, 1.54) is 16.9 Å². The van der Waals surface area contributed by atoms with E-state index in [0.717, 1.165) is 17.0 Å². The van der Waals surface area contributed by atoms with E-state index < -0.39 is 0 Å². The van der Waals surface area contributed by atoms with Crippen molar-refractivity contribution in [2.24, 2.45) is 0 Å². The van der Waals surface area contributed by atoms with E-state index in [1.54, 1.807) is 0 Å². The van der Waals surface area contributed by atoms with Gasteiger partial charge in [0.25, 0.3) is 0 Å². The van der Waals surface area contributed by atoms with Gasteiger partial charge in [-0.1, -0.05) is 50.6 Å². The topological polar surface area (TPSA) is 12.0 Å². The molecule has 0 aliphatic carbocycles. The van der Waals surface area contributed by atoms with Gasteiger partial charge in [0.2, 0.25) is 0 Å². The Labute approximate surface area is 126 Å². The van der Waals surface area contributed by atoms with Crippen molar-refractivity contribution in [3.63, 3.8) is 0 Å². The van der Waals surface area contributed by atoms with Crippen LogP contribution in [0.25, 0.3) is 0 Å². The molecule has 4 unspecified atom stereocenters. The summed E-state index contributed by atoms with van der Waals surface area (Å²) < 4.78 is 0. The van der Waals surface area contributed by atoms with Gasteiger partial charge in [-0.3, -0.25) is 0 Å². The Morgan fingerprint density at radius 3 is 2.74 bits per heavy atom. The molecule has 1 fully saturated rings. The Kier molecular flexibility index (Phi) is 5.67. The smallest absolute Gasteiger partial charge is 0.0448 e. The second-order valence-corrected chi connectivity index (χ2v) is 8.40. The molecule has 0 spiro atoms. The lowest BCUT2D eigenvalue weighted by molar-refractivity contribution is 0.547. The van der Waals surface area contributed by atoms with Crippen molar-refractivity contribution in [1.82, 2.24) is 5.32 Å². The molecule has 1 N–H and O–H groups in total. The second kappa shape index (κ2) is 7.05. The van der Waals surface area contributed by atoms with Crippen LogP contribution in [0.1, 0.15) is 37.9 Å². The quantitative estimate of drug-likeness (QED) is 0.891. The third-order valence-electron chi connectivity index (χ3n) is 3.77. The van der Waals surface area contributed by atoms with Crippen LogP contribution in [0.5, 0.6) is 0 Å². The molecule has 1 nitrogen and oxygen atoms in total. The third-order valence-corrected chi connectivity index (χ3v) is 7.27. The van der Waals surface area contributed by atoms with Gasteiger partial charge in [0, 0.05) is 27.5 Å². The van der Waals surface area contributed by atoms with Crippen LogP contribution < -0.4 is 5.32 Å². The number of benzene rings is 1. The Balaban J connectivity index is 2.16. The molecule has 4 atom stereocenters. The molecule has 0 radical (unpaired) electrons. The predicted octanol–water partition coefficient (Wildman–Crippen LogP) is 4.27.